The zero-order chi connectivity index (χ0) is 15.0. The molecule has 0 saturated heterocycles. The van der Waals surface area contributed by atoms with Gasteiger partial charge in [0.1, 0.15) is 0 Å². The summed E-state index contributed by atoms with van der Waals surface area (Å²) in [5.74, 6) is 0. The maximum atomic E-state index is 12.5. The molecule has 0 radical (unpaired) electrons. The van der Waals surface area contributed by atoms with Crippen molar-refractivity contribution in [3.05, 3.63) is 64.1 Å². The lowest BCUT2D eigenvalue weighted by molar-refractivity contribution is 0.151. The number of nitrogens with one attached hydrogen (secondary N) is 1. The topological polar surface area (TPSA) is 66.4 Å². The predicted molar refractivity (Wildman–Crippen MR) is 83.4 cm³/mol. The smallest absolute Gasteiger partial charge is 0.242 e. The van der Waals surface area contributed by atoms with E-state index in [1.807, 2.05) is 24.3 Å². The molecule has 0 aliphatic heterocycles. The Morgan fingerprint density at radius 1 is 1.10 bits per heavy atom. The molecule has 0 aromatic heterocycles. The summed E-state index contributed by atoms with van der Waals surface area (Å²) >= 11 is 3.25. The monoisotopic (exact) mass is 367 g/mol. The third-order valence-electron chi connectivity index (χ3n) is 3.61. The number of hydrogen-bond acceptors (Lipinski definition) is 3. The average molecular weight is 368 g/mol. The van der Waals surface area contributed by atoms with Crippen molar-refractivity contribution < 1.29 is 13.5 Å². The van der Waals surface area contributed by atoms with Crippen molar-refractivity contribution in [2.24, 2.45) is 0 Å². The average Bonchev–Trinajstić information content (AvgIpc) is 2.75. The second kappa shape index (κ2) is 5.53. The maximum absolute atomic E-state index is 12.5. The highest BCUT2D eigenvalue weighted by Crippen LogP contribution is 2.33. The van der Waals surface area contributed by atoms with E-state index in [1.54, 1.807) is 18.2 Å². The first-order valence-electron chi connectivity index (χ1n) is 6.52. The molecule has 0 amide bonds. The van der Waals surface area contributed by atoms with Crippen LogP contribution in [0.5, 0.6) is 0 Å². The van der Waals surface area contributed by atoms with Crippen molar-refractivity contribution in [2.75, 3.05) is 0 Å². The highest BCUT2D eigenvalue weighted by molar-refractivity contribution is 9.10. The van der Waals surface area contributed by atoms with Crippen LogP contribution in [0.3, 0.4) is 0 Å². The Morgan fingerprint density at radius 3 is 2.52 bits per heavy atom. The fourth-order valence-corrected chi connectivity index (χ4v) is 4.86. The van der Waals surface area contributed by atoms with Gasteiger partial charge in [-0.2, -0.15) is 0 Å². The molecule has 0 heterocycles. The second-order valence-electron chi connectivity index (χ2n) is 5.00. The number of fused-ring (bicyclic) bond motifs is 1. The minimum Gasteiger partial charge on any atom is -0.391 e. The number of aliphatic hydroxyl groups is 1. The van der Waals surface area contributed by atoms with Gasteiger partial charge in [-0.1, -0.05) is 36.4 Å². The quantitative estimate of drug-likeness (QED) is 0.874. The second-order valence-corrected chi connectivity index (χ2v) is 7.54. The van der Waals surface area contributed by atoms with Gasteiger partial charge in [-0.05, 0) is 39.2 Å². The molecule has 0 fully saturated rings. The Balaban J connectivity index is 1.95. The van der Waals surface area contributed by atoms with Gasteiger partial charge in [-0.15, -0.1) is 0 Å². The Morgan fingerprint density at radius 2 is 1.76 bits per heavy atom. The lowest BCUT2D eigenvalue weighted by Crippen LogP contribution is -2.34. The Hall–Kier alpha value is -1.21. The summed E-state index contributed by atoms with van der Waals surface area (Å²) in [6.45, 7) is 0. The van der Waals surface area contributed by atoms with Crippen molar-refractivity contribution in [3.63, 3.8) is 0 Å². The van der Waals surface area contributed by atoms with Crippen molar-refractivity contribution in [1.29, 1.82) is 0 Å². The van der Waals surface area contributed by atoms with E-state index in [0.29, 0.717) is 10.9 Å². The maximum Gasteiger partial charge on any atom is 0.242 e. The fraction of sp³-hybridized carbons (Fsp3) is 0.200. The molecule has 0 unspecified atom stereocenters. The van der Waals surface area contributed by atoms with E-state index >= 15 is 0 Å². The van der Waals surface area contributed by atoms with E-state index in [1.165, 1.54) is 6.07 Å². The van der Waals surface area contributed by atoms with Crippen LogP contribution in [0.4, 0.5) is 0 Å². The van der Waals surface area contributed by atoms with Crippen molar-refractivity contribution in [2.45, 2.75) is 23.5 Å². The third kappa shape index (κ3) is 2.76. The van der Waals surface area contributed by atoms with Crippen LogP contribution in [-0.4, -0.2) is 19.6 Å². The Kier molecular flexibility index (Phi) is 3.88. The molecule has 110 valence electrons. The molecule has 2 aromatic carbocycles. The first-order valence-corrected chi connectivity index (χ1v) is 8.79. The molecular formula is C15H14BrNO3S. The number of aliphatic hydroxyl groups excluding tert-OH is 1. The molecule has 4 nitrogen and oxygen atoms in total. The standard InChI is InChI=1S/C15H14BrNO3S/c16-12-7-3-4-8-14(12)21(19,20)17-15-11-6-2-1-5-10(11)9-13(15)18/h1-8,13,15,17-18H,9H2/t13-,15+/m1/s1. The van der Waals surface area contributed by atoms with Crippen LogP contribution >= 0.6 is 15.9 Å². The van der Waals surface area contributed by atoms with Gasteiger partial charge in [0, 0.05) is 10.9 Å². The molecule has 21 heavy (non-hydrogen) atoms. The predicted octanol–water partition coefficient (Wildman–Crippen LogP) is 2.39. The van der Waals surface area contributed by atoms with E-state index in [-0.39, 0.29) is 4.90 Å². The van der Waals surface area contributed by atoms with Crippen LogP contribution in [-0.2, 0) is 16.4 Å². The van der Waals surface area contributed by atoms with Crippen molar-refractivity contribution in [1.82, 2.24) is 4.72 Å². The first-order chi connectivity index (χ1) is 9.99. The third-order valence-corrected chi connectivity index (χ3v) is 6.07. The summed E-state index contributed by atoms with van der Waals surface area (Å²) in [7, 11) is -3.71. The highest BCUT2D eigenvalue weighted by Gasteiger charge is 2.34. The summed E-state index contributed by atoms with van der Waals surface area (Å²) in [4.78, 5) is 0.168. The molecule has 6 heteroatoms. The molecule has 2 N–H and O–H groups in total. The lowest BCUT2D eigenvalue weighted by Gasteiger charge is -2.18. The van der Waals surface area contributed by atoms with E-state index in [0.717, 1.165) is 11.1 Å². The minimum atomic E-state index is -3.71. The van der Waals surface area contributed by atoms with Crippen LogP contribution in [0.1, 0.15) is 17.2 Å². The fourth-order valence-electron chi connectivity index (χ4n) is 2.61. The van der Waals surface area contributed by atoms with Gasteiger partial charge in [0.2, 0.25) is 10.0 Å². The largest absolute Gasteiger partial charge is 0.391 e. The van der Waals surface area contributed by atoms with Gasteiger partial charge in [0.15, 0.2) is 0 Å². The van der Waals surface area contributed by atoms with E-state index in [2.05, 4.69) is 20.7 Å². The number of hydrogen-bond donors (Lipinski definition) is 2. The van der Waals surface area contributed by atoms with Crippen LogP contribution in [0.2, 0.25) is 0 Å². The lowest BCUT2D eigenvalue weighted by atomic mass is 10.1. The minimum absolute atomic E-state index is 0.168. The summed E-state index contributed by atoms with van der Waals surface area (Å²) in [6.07, 6.45) is -0.293. The van der Waals surface area contributed by atoms with Gasteiger partial charge in [0.05, 0.1) is 17.0 Å². The summed E-state index contributed by atoms with van der Waals surface area (Å²) in [5, 5.41) is 10.2. The van der Waals surface area contributed by atoms with Crippen LogP contribution in [0.15, 0.2) is 57.9 Å². The van der Waals surface area contributed by atoms with Gasteiger partial charge in [-0.25, -0.2) is 13.1 Å². The summed E-state index contributed by atoms with van der Waals surface area (Å²) in [5.41, 5.74) is 1.81. The number of benzene rings is 2. The van der Waals surface area contributed by atoms with Gasteiger partial charge in [-0.3, -0.25) is 0 Å². The SMILES string of the molecule is O=S(=O)(N[C@H]1c2ccccc2C[C@H]1O)c1ccccc1Br. The highest BCUT2D eigenvalue weighted by atomic mass is 79.9. The van der Waals surface area contributed by atoms with Crippen LogP contribution < -0.4 is 4.72 Å². The van der Waals surface area contributed by atoms with Gasteiger partial charge in [0.25, 0.3) is 0 Å². The molecule has 1 aliphatic rings. The first kappa shape index (κ1) is 14.7. The molecule has 0 saturated carbocycles. The molecule has 1 aliphatic carbocycles. The van der Waals surface area contributed by atoms with Gasteiger partial charge >= 0.3 is 0 Å². The van der Waals surface area contributed by atoms with Crippen LogP contribution in [0, 0.1) is 0 Å². The van der Waals surface area contributed by atoms with E-state index in [9.17, 15) is 13.5 Å². The Labute approximate surface area is 132 Å². The molecule has 3 rings (SSSR count). The van der Waals surface area contributed by atoms with Gasteiger partial charge < -0.3 is 5.11 Å². The zero-order valence-electron chi connectivity index (χ0n) is 11.0. The molecule has 0 bridgehead atoms. The molecule has 2 atom stereocenters. The zero-order valence-corrected chi connectivity index (χ0v) is 13.4. The van der Waals surface area contributed by atoms with Crippen molar-refractivity contribution in [3.8, 4) is 0 Å². The molecule has 0 spiro atoms. The normalized spacial score (nSPS) is 21.2. The number of rotatable bonds is 3. The summed E-state index contributed by atoms with van der Waals surface area (Å²) < 4.78 is 28.1. The molecule has 2 aromatic rings. The van der Waals surface area contributed by atoms with Crippen molar-refractivity contribution >= 4 is 26.0 Å². The van der Waals surface area contributed by atoms with E-state index in [4.69, 9.17) is 0 Å². The number of sulfonamides is 1. The van der Waals surface area contributed by atoms with E-state index < -0.39 is 22.2 Å². The molecular weight excluding hydrogens is 354 g/mol. The van der Waals surface area contributed by atoms with Crippen LogP contribution in [0.25, 0.3) is 0 Å². The number of halogens is 1. The Bertz CT molecular complexity index is 776. The summed E-state index contributed by atoms with van der Waals surface area (Å²) in [6, 6.07) is 13.5.